The van der Waals surface area contributed by atoms with E-state index in [1.807, 2.05) is 31.2 Å². The summed E-state index contributed by atoms with van der Waals surface area (Å²) in [4.78, 5) is 24.4. The molecule has 0 spiro atoms. The van der Waals surface area contributed by atoms with Gasteiger partial charge in [0.1, 0.15) is 12.3 Å². The van der Waals surface area contributed by atoms with Gasteiger partial charge < -0.3 is 10.1 Å². The fraction of sp³-hybridized carbons (Fsp3) is 0.192. The van der Waals surface area contributed by atoms with Crippen molar-refractivity contribution in [2.75, 3.05) is 29.0 Å². The van der Waals surface area contributed by atoms with Crippen LogP contribution in [0, 0.1) is 13.8 Å². The highest BCUT2D eigenvalue weighted by Crippen LogP contribution is 2.25. The van der Waals surface area contributed by atoms with E-state index in [2.05, 4.69) is 15.8 Å². The molecule has 0 aromatic heterocycles. The van der Waals surface area contributed by atoms with Crippen LogP contribution in [0.1, 0.15) is 16.7 Å². The number of rotatable bonds is 10. The van der Waals surface area contributed by atoms with E-state index in [4.69, 9.17) is 16.3 Å². The summed E-state index contributed by atoms with van der Waals surface area (Å²) in [5.74, 6) is -0.410. The number of hydrogen-bond acceptors (Lipinski definition) is 6. The molecule has 0 bridgehead atoms. The van der Waals surface area contributed by atoms with Crippen LogP contribution in [-0.4, -0.2) is 45.9 Å². The molecule has 11 heteroatoms. The average molecular weight is 543 g/mol. The van der Waals surface area contributed by atoms with Gasteiger partial charge in [-0.3, -0.25) is 13.9 Å². The van der Waals surface area contributed by atoms with E-state index >= 15 is 0 Å². The number of carbonyl (C=O) groups is 2. The molecular formula is C26H27ClN4O5S. The SMILES string of the molecule is Cc1ccc(NC(=O)COc2ccc(/C=N\NC(=O)CN(c3ccc(Cl)cc3C)S(C)(=O)=O)cc2)cc1. The zero-order valence-corrected chi connectivity index (χ0v) is 22.1. The normalized spacial score (nSPS) is 11.2. The van der Waals surface area contributed by atoms with Crippen LogP contribution in [0.3, 0.4) is 0 Å². The van der Waals surface area contributed by atoms with Crippen LogP contribution in [0.25, 0.3) is 0 Å². The summed E-state index contributed by atoms with van der Waals surface area (Å²) in [6, 6.07) is 18.9. The van der Waals surface area contributed by atoms with Crippen LogP contribution in [0.5, 0.6) is 5.75 Å². The molecule has 0 unspecified atom stereocenters. The van der Waals surface area contributed by atoms with Crippen molar-refractivity contribution in [2.45, 2.75) is 13.8 Å². The number of nitrogens with one attached hydrogen (secondary N) is 2. The van der Waals surface area contributed by atoms with Crippen molar-refractivity contribution in [2.24, 2.45) is 5.10 Å². The summed E-state index contributed by atoms with van der Waals surface area (Å²) in [7, 11) is -3.73. The van der Waals surface area contributed by atoms with Gasteiger partial charge >= 0.3 is 0 Å². The summed E-state index contributed by atoms with van der Waals surface area (Å²) < 4.78 is 31.0. The van der Waals surface area contributed by atoms with Gasteiger partial charge in [0.05, 0.1) is 18.2 Å². The molecule has 0 atom stereocenters. The summed E-state index contributed by atoms with van der Waals surface area (Å²) in [5, 5.41) is 7.11. The molecule has 194 valence electrons. The Morgan fingerprint density at radius 3 is 2.30 bits per heavy atom. The second-order valence-electron chi connectivity index (χ2n) is 8.27. The molecule has 37 heavy (non-hydrogen) atoms. The highest BCUT2D eigenvalue weighted by molar-refractivity contribution is 7.92. The van der Waals surface area contributed by atoms with Gasteiger partial charge in [-0.2, -0.15) is 5.10 Å². The summed E-state index contributed by atoms with van der Waals surface area (Å²) in [6.07, 6.45) is 2.43. The maximum atomic E-state index is 12.4. The Balaban J connectivity index is 1.51. The zero-order chi connectivity index (χ0) is 27.0. The second kappa shape index (κ2) is 12.4. The number of ether oxygens (including phenoxy) is 1. The number of anilines is 2. The van der Waals surface area contributed by atoms with Crippen LogP contribution in [0.4, 0.5) is 11.4 Å². The monoisotopic (exact) mass is 542 g/mol. The number of amides is 2. The van der Waals surface area contributed by atoms with Crippen molar-refractivity contribution in [3.05, 3.63) is 88.4 Å². The van der Waals surface area contributed by atoms with Crippen molar-refractivity contribution < 1.29 is 22.7 Å². The van der Waals surface area contributed by atoms with Crippen LogP contribution in [-0.2, 0) is 19.6 Å². The number of sulfonamides is 1. The van der Waals surface area contributed by atoms with Gasteiger partial charge in [0.25, 0.3) is 11.8 Å². The Morgan fingerprint density at radius 2 is 1.68 bits per heavy atom. The Morgan fingerprint density at radius 1 is 1.00 bits per heavy atom. The first-order valence-corrected chi connectivity index (χ1v) is 13.4. The third-order valence-corrected chi connectivity index (χ3v) is 6.46. The van der Waals surface area contributed by atoms with Gasteiger partial charge in [-0.1, -0.05) is 29.3 Å². The average Bonchev–Trinajstić information content (AvgIpc) is 2.83. The largest absolute Gasteiger partial charge is 0.484 e. The number of benzene rings is 3. The molecule has 0 aliphatic heterocycles. The smallest absolute Gasteiger partial charge is 0.262 e. The molecule has 9 nitrogen and oxygen atoms in total. The number of carbonyl (C=O) groups excluding carboxylic acids is 2. The maximum absolute atomic E-state index is 12.4. The number of hydrogen-bond donors (Lipinski definition) is 2. The molecular weight excluding hydrogens is 516 g/mol. The number of hydrazone groups is 1. The van der Waals surface area contributed by atoms with E-state index in [-0.39, 0.29) is 12.5 Å². The summed E-state index contributed by atoms with van der Waals surface area (Å²) in [5.41, 5.74) is 5.75. The lowest BCUT2D eigenvalue weighted by molar-refractivity contribution is -0.119. The third kappa shape index (κ3) is 8.62. The van der Waals surface area contributed by atoms with Crippen LogP contribution in [0.15, 0.2) is 71.8 Å². The molecule has 0 aliphatic carbocycles. The van der Waals surface area contributed by atoms with Crippen LogP contribution in [0.2, 0.25) is 5.02 Å². The van der Waals surface area contributed by atoms with Crippen molar-refractivity contribution in [3.8, 4) is 5.75 Å². The van der Waals surface area contributed by atoms with Gasteiger partial charge in [-0.15, -0.1) is 0 Å². The molecule has 3 aromatic rings. The molecule has 0 saturated heterocycles. The zero-order valence-electron chi connectivity index (χ0n) is 20.6. The maximum Gasteiger partial charge on any atom is 0.262 e. The van der Waals surface area contributed by atoms with Crippen molar-refractivity contribution in [1.29, 1.82) is 0 Å². The van der Waals surface area contributed by atoms with Gasteiger partial charge in [0.2, 0.25) is 10.0 Å². The molecule has 0 fully saturated rings. The summed E-state index contributed by atoms with van der Waals surface area (Å²) in [6.45, 7) is 3.07. The van der Waals surface area contributed by atoms with Gasteiger partial charge in [0.15, 0.2) is 6.61 Å². The van der Waals surface area contributed by atoms with Gasteiger partial charge in [-0.25, -0.2) is 13.8 Å². The lowest BCUT2D eigenvalue weighted by atomic mass is 10.2. The van der Waals surface area contributed by atoms with Gasteiger partial charge in [0, 0.05) is 10.7 Å². The molecule has 2 N–H and O–H groups in total. The fourth-order valence-electron chi connectivity index (χ4n) is 3.26. The van der Waals surface area contributed by atoms with E-state index in [0.29, 0.717) is 33.3 Å². The molecule has 3 aromatic carbocycles. The number of nitrogens with zero attached hydrogens (tertiary/aromatic N) is 2. The lowest BCUT2D eigenvalue weighted by Gasteiger charge is -2.23. The van der Waals surface area contributed by atoms with Crippen molar-refractivity contribution in [1.82, 2.24) is 5.43 Å². The predicted molar refractivity (Wildman–Crippen MR) is 146 cm³/mol. The van der Waals surface area contributed by atoms with Crippen molar-refractivity contribution >= 4 is 51.0 Å². The molecule has 3 rings (SSSR count). The Kier molecular flexibility index (Phi) is 9.26. The third-order valence-electron chi connectivity index (χ3n) is 5.10. The first kappa shape index (κ1) is 27.7. The standard InChI is InChI=1S/C26H27ClN4O5S/c1-18-4-9-22(10-5-18)29-26(33)17-36-23-11-6-20(7-12-23)15-28-30-25(32)16-31(37(3,34)35)24-13-8-21(27)14-19(24)2/h4-15H,16-17H2,1-3H3,(H,29,33)(H,30,32)/b28-15-. The Labute approximate surface area is 221 Å². The minimum atomic E-state index is -3.73. The molecule has 0 heterocycles. The minimum Gasteiger partial charge on any atom is -0.484 e. The highest BCUT2D eigenvalue weighted by atomic mass is 35.5. The highest BCUT2D eigenvalue weighted by Gasteiger charge is 2.22. The summed E-state index contributed by atoms with van der Waals surface area (Å²) >= 11 is 5.95. The van der Waals surface area contributed by atoms with Crippen LogP contribution < -0.4 is 19.8 Å². The molecule has 0 saturated carbocycles. The van der Waals surface area contributed by atoms with E-state index < -0.39 is 22.5 Å². The first-order valence-electron chi connectivity index (χ1n) is 11.2. The van der Waals surface area contributed by atoms with E-state index in [1.165, 1.54) is 6.21 Å². The van der Waals surface area contributed by atoms with E-state index in [0.717, 1.165) is 16.1 Å². The number of aryl methyl sites for hydroxylation is 2. The fourth-order valence-corrected chi connectivity index (χ4v) is 4.40. The molecule has 0 radical (unpaired) electrons. The Bertz CT molecular complexity index is 1390. The van der Waals surface area contributed by atoms with Crippen molar-refractivity contribution in [3.63, 3.8) is 0 Å². The second-order valence-corrected chi connectivity index (χ2v) is 10.6. The van der Waals surface area contributed by atoms with E-state index in [1.54, 1.807) is 49.4 Å². The quantitative estimate of drug-likeness (QED) is 0.298. The number of halogens is 1. The topological polar surface area (TPSA) is 117 Å². The minimum absolute atomic E-state index is 0.151. The van der Waals surface area contributed by atoms with E-state index in [9.17, 15) is 18.0 Å². The molecule has 0 aliphatic rings. The molecule has 2 amide bonds. The first-order chi connectivity index (χ1) is 17.5. The Hall–Kier alpha value is -3.89. The van der Waals surface area contributed by atoms with Gasteiger partial charge in [-0.05, 0) is 79.6 Å². The lowest BCUT2D eigenvalue weighted by Crippen LogP contribution is -2.39. The predicted octanol–water partition coefficient (Wildman–Crippen LogP) is 3.89. The van der Waals surface area contributed by atoms with Crippen LogP contribution >= 0.6 is 11.6 Å².